The SMILES string of the molecule is CCC(C)N(Cc1ccccc1)C(=O)c1ccc(C)o1. The Bertz CT molecular complexity index is 559. The molecule has 1 unspecified atom stereocenters. The third-order valence-electron chi connectivity index (χ3n) is 3.53. The highest BCUT2D eigenvalue weighted by Crippen LogP contribution is 2.16. The summed E-state index contributed by atoms with van der Waals surface area (Å²) in [7, 11) is 0. The minimum atomic E-state index is -0.0451. The zero-order chi connectivity index (χ0) is 14.5. The van der Waals surface area contributed by atoms with Gasteiger partial charge in [0.2, 0.25) is 0 Å². The van der Waals surface area contributed by atoms with Gasteiger partial charge < -0.3 is 9.32 Å². The van der Waals surface area contributed by atoms with Gasteiger partial charge in [-0.1, -0.05) is 37.3 Å². The predicted octanol–water partition coefficient (Wildman–Crippen LogP) is 4.03. The van der Waals surface area contributed by atoms with Gasteiger partial charge in [0, 0.05) is 12.6 Å². The summed E-state index contributed by atoms with van der Waals surface area (Å²) in [5, 5.41) is 0. The van der Waals surface area contributed by atoms with Crippen molar-refractivity contribution in [1.82, 2.24) is 4.90 Å². The number of carbonyl (C=O) groups excluding carboxylic acids is 1. The van der Waals surface area contributed by atoms with Crippen molar-refractivity contribution >= 4 is 5.91 Å². The summed E-state index contributed by atoms with van der Waals surface area (Å²) in [5.74, 6) is 1.13. The van der Waals surface area contributed by atoms with Crippen LogP contribution < -0.4 is 0 Å². The zero-order valence-electron chi connectivity index (χ0n) is 12.3. The minimum absolute atomic E-state index is 0.0451. The van der Waals surface area contributed by atoms with Gasteiger partial charge >= 0.3 is 0 Å². The fourth-order valence-corrected chi connectivity index (χ4v) is 2.12. The number of benzene rings is 1. The highest BCUT2D eigenvalue weighted by molar-refractivity contribution is 5.91. The number of rotatable bonds is 5. The summed E-state index contributed by atoms with van der Waals surface area (Å²) in [4.78, 5) is 14.5. The van der Waals surface area contributed by atoms with Crippen molar-refractivity contribution in [2.45, 2.75) is 39.8 Å². The number of amides is 1. The molecule has 0 radical (unpaired) electrons. The molecule has 0 aliphatic rings. The van der Waals surface area contributed by atoms with E-state index in [-0.39, 0.29) is 11.9 Å². The number of aryl methyl sites for hydroxylation is 1. The van der Waals surface area contributed by atoms with Crippen LogP contribution in [0.2, 0.25) is 0 Å². The van der Waals surface area contributed by atoms with Gasteiger partial charge in [0.1, 0.15) is 5.76 Å². The Kier molecular flexibility index (Phi) is 4.61. The lowest BCUT2D eigenvalue weighted by atomic mass is 10.1. The average molecular weight is 271 g/mol. The monoisotopic (exact) mass is 271 g/mol. The molecule has 1 aromatic carbocycles. The van der Waals surface area contributed by atoms with Crippen molar-refractivity contribution in [2.75, 3.05) is 0 Å². The second-order valence-electron chi connectivity index (χ2n) is 5.09. The van der Waals surface area contributed by atoms with Crippen molar-refractivity contribution in [3.05, 3.63) is 59.5 Å². The summed E-state index contributed by atoms with van der Waals surface area (Å²) >= 11 is 0. The number of furan rings is 1. The molecule has 2 aromatic rings. The minimum Gasteiger partial charge on any atom is -0.456 e. The maximum Gasteiger partial charge on any atom is 0.290 e. The van der Waals surface area contributed by atoms with Gasteiger partial charge in [0.05, 0.1) is 0 Å². The molecule has 20 heavy (non-hydrogen) atoms. The highest BCUT2D eigenvalue weighted by Gasteiger charge is 2.23. The van der Waals surface area contributed by atoms with Crippen LogP contribution in [-0.2, 0) is 6.54 Å². The van der Waals surface area contributed by atoms with E-state index in [0.29, 0.717) is 12.3 Å². The second kappa shape index (κ2) is 6.42. The maximum atomic E-state index is 12.6. The molecule has 0 saturated carbocycles. The van der Waals surface area contributed by atoms with Crippen LogP contribution in [0, 0.1) is 6.92 Å². The van der Waals surface area contributed by atoms with Gasteiger partial charge in [-0.05, 0) is 38.0 Å². The number of hydrogen-bond donors (Lipinski definition) is 0. The Balaban J connectivity index is 2.21. The van der Waals surface area contributed by atoms with E-state index >= 15 is 0 Å². The normalized spacial score (nSPS) is 12.2. The third kappa shape index (κ3) is 3.29. The van der Waals surface area contributed by atoms with E-state index in [2.05, 4.69) is 13.8 Å². The van der Waals surface area contributed by atoms with Gasteiger partial charge in [-0.15, -0.1) is 0 Å². The average Bonchev–Trinajstić information content (AvgIpc) is 2.91. The van der Waals surface area contributed by atoms with E-state index in [9.17, 15) is 4.79 Å². The predicted molar refractivity (Wildman–Crippen MR) is 79.5 cm³/mol. The van der Waals surface area contributed by atoms with Gasteiger partial charge in [0.15, 0.2) is 5.76 Å². The number of hydrogen-bond acceptors (Lipinski definition) is 2. The molecular weight excluding hydrogens is 250 g/mol. The Morgan fingerprint density at radius 3 is 2.45 bits per heavy atom. The lowest BCUT2D eigenvalue weighted by Gasteiger charge is -2.28. The topological polar surface area (TPSA) is 33.5 Å². The Morgan fingerprint density at radius 1 is 1.20 bits per heavy atom. The lowest BCUT2D eigenvalue weighted by molar-refractivity contribution is 0.0637. The molecule has 0 N–H and O–H groups in total. The molecule has 0 bridgehead atoms. The maximum absolute atomic E-state index is 12.6. The molecule has 0 saturated heterocycles. The smallest absolute Gasteiger partial charge is 0.290 e. The second-order valence-corrected chi connectivity index (χ2v) is 5.09. The standard InChI is InChI=1S/C17H21NO2/c1-4-13(2)18(12-15-8-6-5-7-9-15)17(19)16-11-10-14(3)20-16/h5-11,13H,4,12H2,1-3H3. The first-order valence-electron chi connectivity index (χ1n) is 7.03. The summed E-state index contributed by atoms with van der Waals surface area (Å²) < 4.78 is 5.47. The van der Waals surface area contributed by atoms with Crippen molar-refractivity contribution in [1.29, 1.82) is 0 Å². The van der Waals surface area contributed by atoms with Crippen LogP contribution in [0.25, 0.3) is 0 Å². The van der Waals surface area contributed by atoms with Gasteiger partial charge in [-0.3, -0.25) is 4.79 Å². The molecule has 3 heteroatoms. The third-order valence-corrected chi connectivity index (χ3v) is 3.53. The fourth-order valence-electron chi connectivity index (χ4n) is 2.12. The molecule has 0 fully saturated rings. The Hall–Kier alpha value is -2.03. The molecule has 0 spiro atoms. The fraction of sp³-hybridized carbons (Fsp3) is 0.353. The van der Waals surface area contributed by atoms with Gasteiger partial charge in [-0.2, -0.15) is 0 Å². The van der Waals surface area contributed by atoms with Gasteiger partial charge in [-0.25, -0.2) is 0 Å². The Morgan fingerprint density at radius 2 is 1.90 bits per heavy atom. The van der Waals surface area contributed by atoms with Crippen molar-refractivity contribution in [3.8, 4) is 0 Å². The van der Waals surface area contributed by atoms with Crippen molar-refractivity contribution < 1.29 is 9.21 Å². The zero-order valence-corrected chi connectivity index (χ0v) is 12.3. The van der Waals surface area contributed by atoms with Crippen molar-refractivity contribution in [2.24, 2.45) is 0 Å². The molecule has 106 valence electrons. The van der Waals surface area contributed by atoms with Crippen LogP contribution in [0.1, 0.15) is 42.1 Å². The molecule has 0 aliphatic carbocycles. The van der Waals surface area contributed by atoms with Crippen LogP contribution in [0.4, 0.5) is 0 Å². The van der Waals surface area contributed by atoms with Crippen LogP contribution in [0.3, 0.4) is 0 Å². The molecule has 1 aromatic heterocycles. The van der Waals surface area contributed by atoms with E-state index in [1.165, 1.54) is 0 Å². The number of carbonyl (C=O) groups is 1. The van der Waals surface area contributed by atoms with Crippen LogP contribution in [0.5, 0.6) is 0 Å². The molecular formula is C17H21NO2. The van der Waals surface area contributed by atoms with E-state index in [1.807, 2.05) is 48.2 Å². The first kappa shape index (κ1) is 14.4. The summed E-state index contributed by atoms with van der Waals surface area (Å²) in [6.07, 6.45) is 0.915. The first-order valence-corrected chi connectivity index (χ1v) is 7.03. The van der Waals surface area contributed by atoms with Crippen LogP contribution >= 0.6 is 0 Å². The molecule has 0 aliphatic heterocycles. The van der Waals surface area contributed by atoms with Crippen molar-refractivity contribution in [3.63, 3.8) is 0 Å². The van der Waals surface area contributed by atoms with E-state index < -0.39 is 0 Å². The molecule has 2 rings (SSSR count). The Labute approximate surface area is 120 Å². The largest absolute Gasteiger partial charge is 0.456 e. The summed E-state index contributed by atoms with van der Waals surface area (Å²) in [6, 6.07) is 13.8. The summed E-state index contributed by atoms with van der Waals surface area (Å²) in [5.41, 5.74) is 1.13. The number of nitrogens with zero attached hydrogens (tertiary/aromatic N) is 1. The molecule has 1 heterocycles. The molecule has 3 nitrogen and oxygen atoms in total. The molecule has 1 amide bonds. The van der Waals surface area contributed by atoms with E-state index in [1.54, 1.807) is 6.07 Å². The highest BCUT2D eigenvalue weighted by atomic mass is 16.3. The van der Waals surface area contributed by atoms with E-state index in [4.69, 9.17) is 4.42 Å². The van der Waals surface area contributed by atoms with Crippen LogP contribution in [0.15, 0.2) is 46.9 Å². The van der Waals surface area contributed by atoms with Crippen LogP contribution in [-0.4, -0.2) is 16.8 Å². The first-order chi connectivity index (χ1) is 9.61. The molecule has 1 atom stereocenters. The lowest BCUT2D eigenvalue weighted by Crippen LogP contribution is -2.37. The quantitative estimate of drug-likeness (QED) is 0.822. The van der Waals surface area contributed by atoms with Gasteiger partial charge in [0.25, 0.3) is 5.91 Å². The van der Waals surface area contributed by atoms with E-state index in [0.717, 1.165) is 17.7 Å². The summed E-state index contributed by atoms with van der Waals surface area (Å²) in [6.45, 7) is 6.61.